The third kappa shape index (κ3) is 8.06. The van der Waals surface area contributed by atoms with Crippen LogP contribution in [0.2, 0.25) is 5.02 Å². The first-order valence-electron chi connectivity index (χ1n) is 7.29. The Bertz CT molecular complexity index is 578. The molecular formula is C15H21ClN4O3. The number of benzene rings is 1. The molecule has 126 valence electrons. The highest BCUT2D eigenvalue weighted by atomic mass is 35.5. The van der Waals surface area contributed by atoms with E-state index in [1.165, 1.54) is 6.92 Å². The maximum Gasteiger partial charge on any atom is 0.312 e. The van der Waals surface area contributed by atoms with Gasteiger partial charge in [0, 0.05) is 25.6 Å². The lowest BCUT2D eigenvalue weighted by molar-refractivity contribution is -0.116. The molecule has 23 heavy (non-hydrogen) atoms. The van der Waals surface area contributed by atoms with E-state index in [0.717, 1.165) is 12.8 Å². The molecule has 1 rings (SSSR count). The molecule has 7 nitrogen and oxygen atoms in total. The minimum atomic E-state index is -0.540. The second-order valence-corrected chi connectivity index (χ2v) is 5.43. The van der Waals surface area contributed by atoms with Crippen molar-refractivity contribution in [1.29, 1.82) is 0 Å². The molecule has 4 amide bonds. The first-order valence-corrected chi connectivity index (χ1v) is 7.66. The average Bonchev–Trinajstić information content (AvgIpc) is 2.45. The van der Waals surface area contributed by atoms with Crippen molar-refractivity contribution in [2.75, 3.05) is 17.2 Å². The summed E-state index contributed by atoms with van der Waals surface area (Å²) in [6.07, 6.45) is 2.68. The molecule has 0 aliphatic rings. The van der Waals surface area contributed by atoms with Gasteiger partial charge in [0.1, 0.15) is 0 Å². The number of carbonyl (C=O) groups excluding carboxylic acids is 3. The van der Waals surface area contributed by atoms with E-state index < -0.39 is 6.03 Å². The number of anilines is 2. The molecule has 0 atom stereocenters. The first kappa shape index (κ1) is 18.8. The average molecular weight is 341 g/mol. The van der Waals surface area contributed by atoms with Crippen LogP contribution in [0.3, 0.4) is 0 Å². The highest BCUT2D eigenvalue weighted by Gasteiger charge is 2.06. The van der Waals surface area contributed by atoms with Crippen LogP contribution in [0, 0.1) is 0 Å². The van der Waals surface area contributed by atoms with Crippen LogP contribution in [0.25, 0.3) is 0 Å². The van der Waals surface area contributed by atoms with Gasteiger partial charge in [-0.1, -0.05) is 18.0 Å². The molecule has 0 saturated heterocycles. The predicted octanol–water partition coefficient (Wildman–Crippen LogP) is 2.47. The summed E-state index contributed by atoms with van der Waals surface area (Å²) in [6.45, 7) is 1.90. The van der Waals surface area contributed by atoms with E-state index in [-0.39, 0.29) is 11.8 Å². The first-order chi connectivity index (χ1) is 10.9. The zero-order valence-corrected chi connectivity index (χ0v) is 13.7. The van der Waals surface area contributed by atoms with Gasteiger partial charge in [-0.3, -0.25) is 9.59 Å². The number of rotatable bonds is 8. The van der Waals surface area contributed by atoms with Gasteiger partial charge in [0.05, 0.1) is 10.7 Å². The monoisotopic (exact) mass is 340 g/mol. The number of hydrogen-bond donors (Lipinski definition) is 4. The predicted molar refractivity (Wildman–Crippen MR) is 90.4 cm³/mol. The van der Waals surface area contributed by atoms with Crippen LogP contribution in [-0.2, 0) is 9.59 Å². The summed E-state index contributed by atoms with van der Waals surface area (Å²) in [5.41, 5.74) is 6.02. The standard InChI is InChI=1S/C15H21ClN4O3/c1-10(21)19-13-7-6-11(9-12(13)16)20-14(22)5-3-2-4-8-18-15(17)23/h6-7,9H,2-5,8H2,1H3,(H,19,21)(H,20,22)(H3,17,18,23). The van der Waals surface area contributed by atoms with Crippen LogP contribution in [0.5, 0.6) is 0 Å². The molecule has 0 aromatic heterocycles. The molecule has 1 aromatic rings. The molecule has 0 saturated carbocycles. The number of unbranched alkanes of at least 4 members (excludes halogenated alkanes) is 2. The summed E-state index contributed by atoms with van der Waals surface area (Å²) >= 11 is 6.03. The van der Waals surface area contributed by atoms with Crippen LogP contribution in [-0.4, -0.2) is 24.4 Å². The molecule has 1 aromatic carbocycles. The van der Waals surface area contributed by atoms with E-state index in [4.69, 9.17) is 17.3 Å². The van der Waals surface area contributed by atoms with Crippen LogP contribution in [0.4, 0.5) is 16.2 Å². The Balaban J connectivity index is 2.32. The molecule has 0 spiro atoms. The largest absolute Gasteiger partial charge is 0.352 e. The molecule has 0 aliphatic carbocycles. The number of amides is 4. The van der Waals surface area contributed by atoms with E-state index in [0.29, 0.717) is 35.8 Å². The number of carbonyl (C=O) groups is 3. The van der Waals surface area contributed by atoms with Crippen molar-refractivity contribution in [3.8, 4) is 0 Å². The Hall–Kier alpha value is -2.28. The van der Waals surface area contributed by atoms with Crippen molar-refractivity contribution in [3.63, 3.8) is 0 Å². The van der Waals surface area contributed by atoms with Crippen LogP contribution < -0.4 is 21.7 Å². The Kier molecular flexibility index (Phi) is 7.90. The SMILES string of the molecule is CC(=O)Nc1ccc(NC(=O)CCCCCNC(N)=O)cc1Cl. The van der Waals surface area contributed by atoms with Crippen molar-refractivity contribution in [1.82, 2.24) is 5.32 Å². The number of primary amides is 1. The van der Waals surface area contributed by atoms with E-state index in [1.807, 2.05) is 0 Å². The maximum atomic E-state index is 11.8. The molecule has 0 unspecified atom stereocenters. The van der Waals surface area contributed by atoms with Crippen molar-refractivity contribution in [3.05, 3.63) is 23.2 Å². The fourth-order valence-electron chi connectivity index (χ4n) is 1.91. The molecular weight excluding hydrogens is 320 g/mol. The van der Waals surface area contributed by atoms with E-state index >= 15 is 0 Å². The van der Waals surface area contributed by atoms with Gasteiger partial charge in [-0.05, 0) is 31.0 Å². The molecule has 5 N–H and O–H groups in total. The number of urea groups is 1. The second-order valence-electron chi connectivity index (χ2n) is 5.03. The van der Waals surface area contributed by atoms with Gasteiger partial charge in [0.2, 0.25) is 11.8 Å². The summed E-state index contributed by atoms with van der Waals surface area (Å²) in [6, 6.07) is 4.35. The van der Waals surface area contributed by atoms with Gasteiger partial charge >= 0.3 is 6.03 Å². The minimum Gasteiger partial charge on any atom is -0.352 e. The smallest absolute Gasteiger partial charge is 0.312 e. The van der Waals surface area contributed by atoms with E-state index in [2.05, 4.69) is 16.0 Å². The lowest BCUT2D eigenvalue weighted by Gasteiger charge is -2.09. The van der Waals surface area contributed by atoms with Gasteiger partial charge in [-0.25, -0.2) is 4.79 Å². The van der Waals surface area contributed by atoms with Crippen molar-refractivity contribution >= 4 is 40.8 Å². The summed E-state index contributed by atoms with van der Waals surface area (Å²) in [7, 11) is 0. The quantitative estimate of drug-likeness (QED) is 0.545. The summed E-state index contributed by atoms with van der Waals surface area (Å²) in [5.74, 6) is -0.328. The Labute approximate surface area is 139 Å². The Morgan fingerprint density at radius 1 is 1.13 bits per heavy atom. The van der Waals surface area contributed by atoms with Crippen LogP contribution >= 0.6 is 11.6 Å². The van der Waals surface area contributed by atoms with Gasteiger partial charge in [0.25, 0.3) is 0 Å². The van der Waals surface area contributed by atoms with Crippen molar-refractivity contribution in [2.24, 2.45) is 5.73 Å². The zero-order valence-electron chi connectivity index (χ0n) is 12.9. The molecule has 0 fully saturated rings. The maximum absolute atomic E-state index is 11.8. The van der Waals surface area contributed by atoms with Crippen molar-refractivity contribution < 1.29 is 14.4 Å². The third-order valence-electron chi connectivity index (χ3n) is 2.94. The fourth-order valence-corrected chi connectivity index (χ4v) is 2.13. The highest BCUT2D eigenvalue weighted by Crippen LogP contribution is 2.25. The summed E-state index contributed by atoms with van der Waals surface area (Å²) in [5, 5.41) is 8.19. The number of hydrogen-bond acceptors (Lipinski definition) is 3. The number of halogens is 1. The molecule has 0 radical (unpaired) electrons. The normalized spacial score (nSPS) is 10.0. The highest BCUT2D eigenvalue weighted by molar-refractivity contribution is 6.34. The molecule has 8 heteroatoms. The van der Waals surface area contributed by atoms with Crippen LogP contribution in [0.1, 0.15) is 32.6 Å². The lowest BCUT2D eigenvalue weighted by atomic mass is 10.2. The van der Waals surface area contributed by atoms with Gasteiger partial charge in [0.15, 0.2) is 0 Å². The zero-order chi connectivity index (χ0) is 17.2. The van der Waals surface area contributed by atoms with Gasteiger partial charge in [-0.2, -0.15) is 0 Å². The lowest BCUT2D eigenvalue weighted by Crippen LogP contribution is -2.29. The minimum absolute atomic E-state index is 0.115. The number of nitrogens with one attached hydrogen (secondary N) is 3. The fraction of sp³-hybridized carbons (Fsp3) is 0.400. The van der Waals surface area contributed by atoms with Crippen molar-refractivity contribution in [2.45, 2.75) is 32.6 Å². The Morgan fingerprint density at radius 3 is 2.48 bits per heavy atom. The topological polar surface area (TPSA) is 113 Å². The van der Waals surface area contributed by atoms with Gasteiger partial charge < -0.3 is 21.7 Å². The van der Waals surface area contributed by atoms with Crippen LogP contribution in [0.15, 0.2) is 18.2 Å². The molecule has 0 heterocycles. The third-order valence-corrected chi connectivity index (χ3v) is 3.26. The van der Waals surface area contributed by atoms with E-state index in [1.54, 1.807) is 18.2 Å². The van der Waals surface area contributed by atoms with Gasteiger partial charge in [-0.15, -0.1) is 0 Å². The molecule has 0 bridgehead atoms. The molecule has 0 aliphatic heterocycles. The van der Waals surface area contributed by atoms with E-state index in [9.17, 15) is 14.4 Å². The second kappa shape index (κ2) is 9.68. The summed E-state index contributed by atoms with van der Waals surface area (Å²) < 4.78 is 0. The Morgan fingerprint density at radius 2 is 1.87 bits per heavy atom. The summed E-state index contributed by atoms with van der Waals surface area (Å²) in [4.78, 5) is 33.3. The number of nitrogens with two attached hydrogens (primary N) is 1.